The van der Waals surface area contributed by atoms with Crippen molar-refractivity contribution in [1.29, 1.82) is 0 Å². The fourth-order valence-electron chi connectivity index (χ4n) is 1.62. The van der Waals surface area contributed by atoms with Crippen LogP contribution in [0.2, 0.25) is 0 Å². The molecular formula is C12H11NO3S. The Bertz CT molecular complexity index is 610. The fraction of sp³-hybridized carbons (Fsp3) is 0.0833. The first-order valence-electron chi connectivity index (χ1n) is 4.98. The standard InChI is InChI=1S/C12H11NO3S/c1-13-12(14)10-3-2-9-7-11(17(15)16)5-4-8(9)6-10/h2-7H,1H3,(H,13,14)(H,15,16). The van der Waals surface area contributed by atoms with Crippen LogP contribution in [0.4, 0.5) is 0 Å². The molecule has 5 heteroatoms. The first-order valence-corrected chi connectivity index (χ1v) is 6.09. The summed E-state index contributed by atoms with van der Waals surface area (Å²) in [7, 11) is 1.57. The van der Waals surface area contributed by atoms with Gasteiger partial charge in [0.05, 0.1) is 4.90 Å². The molecule has 0 aliphatic carbocycles. The van der Waals surface area contributed by atoms with Crippen LogP contribution in [-0.4, -0.2) is 21.7 Å². The smallest absolute Gasteiger partial charge is 0.251 e. The van der Waals surface area contributed by atoms with Crippen molar-refractivity contribution >= 4 is 27.8 Å². The molecule has 0 saturated heterocycles. The van der Waals surface area contributed by atoms with Crippen LogP contribution in [-0.2, 0) is 11.1 Å². The maximum Gasteiger partial charge on any atom is 0.251 e. The minimum Gasteiger partial charge on any atom is -0.355 e. The van der Waals surface area contributed by atoms with Crippen LogP contribution in [0.1, 0.15) is 10.4 Å². The van der Waals surface area contributed by atoms with Gasteiger partial charge in [-0.25, -0.2) is 4.21 Å². The minimum absolute atomic E-state index is 0.151. The second-order valence-electron chi connectivity index (χ2n) is 3.55. The van der Waals surface area contributed by atoms with Crippen molar-refractivity contribution in [2.45, 2.75) is 4.90 Å². The molecule has 2 N–H and O–H groups in total. The van der Waals surface area contributed by atoms with Crippen LogP contribution in [0.5, 0.6) is 0 Å². The third kappa shape index (κ3) is 2.35. The average molecular weight is 249 g/mol. The van der Waals surface area contributed by atoms with Crippen molar-refractivity contribution in [3.05, 3.63) is 42.0 Å². The molecule has 4 nitrogen and oxygen atoms in total. The van der Waals surface area contributed by atoms with E-state index in [1.807, 2.05) is 0 Å². The third-order valence-corrected chi connectivity index (χ3v) is 3.16. The van der Waals surface area contributed by atoms with Gasteiger partial charge in [0.1, 0.15) is 0 Å². The van der Waals surface area contributed by atoms with E-state index in [4.69, 9.17) is 4.55 Å². The van der Waals surface area contributed by atoms with E-state index in [1.54, 1.807) is 43.4 Å². The van der Waals surface area contributed by atoms with Gasteiger partial charge in [0.25, 0.3) is 5.91 Å². The summed E-state index contributed by atoms with van der Waals surface area (Å²) in [5.74, 6) is -0.151. The van der Waals surface area contributed by atoms with Crippen molar-refractivity contribution < 1.29 is 13.6 Å². The van der Waals surface area contributed by atoms with E-state index in [-0.39, 0.29) is 5.91 Å². The first-order chi connectivity index (χ1) is 8.11. The number of carbonyl (C=O) groups is 1. The molecule has 88 valence electrons. The van der Waals surface area contributed by atoms with E-state index < -0.39 is 11.1 Å². The van der Waals surface area contributed by atoms with E-state index >= 15 is 0 Å². The Kier molecular flexibility index (Phi) is 3.21. The van der Waals surface area contributed by atoms with Gasteiger partial charge < -0.3 is 9.87 Å². The van der Waals surface area contributed by atoms with Gasteiger partial charge in [0.15, 0.2) is 11.1 Å². The van der Waals surface area contributed by atoms with Gasteiger partial charge >= 0.3 is 0 Å². The predicted molar refractivity (Wildman–Crippen MR) is 66.4 cm³/mol. The van der Waals surface area contributed by atoms with E-state index in [9.17, 15) is 9.00 Å². The highest BCUT2D eigenvalue weighted by Gasteiger charge is 2.05. The van der Waals surface area contributed by atoms with Crippen LogP contribution in [0, 0.1) is 0 Å². The third-order valence-electron chi connectivity index (χ3n) is 2.50. The summed E-state index contributed by atoms with van der Waals surface area (Å²) >= 11 is -1.98. The summed E-state index contributed by atoms with van der Waals surface area (Å²) in [5.41, 5.74) is 0.567. The van der Waals surface area contributed by atoms with Crippen LogP contribution in [0.15, 0.2) is 41.3 Å². The lowest BCUT2D eigenvalue weighted by atomic mass is 10.1. The molecule has 1 amide bonds. The molecular weight excluding hydrogens is 238 g/mol. The van der Waals surface area contributed by atoms with Crippen LogP contribution < -0.4 is 5.32 Å². The minimum atomic E-state index is -1.98. The highest BCUT2D eigenvalue weighted by atomic mass is 32.2. The molecule has 0 bridgehead atoms. The summed E-state index contributed by atoms with van der Waals surface area (Å²) < 4.78 is 19.9. The molecule has 2 rings (SSSR count). The molecule has 0 aliphatic rings. The number of fused-ring (bicyclic) bond motifs is 1. The Morgan fingerprint density at radius 3 is 2.47 bits per heavy atom. The van der Waals surface area contributed by atoms with Gasteiger partial charge in [0, 0.05) is 12.6 Å². The monoisotopic (exact) mass is 249 g/mol. The fourth-order valence-corrected chi connectivity index (χ4v) is 2.03. The normalized spacial score (nSPS) is 12.4. The lowest BCUT2D eigenvalue weighted by Gasteiger charge is -2.03. The molecule has 2 aromatic carbocycles. The Hall–Kier alpha value is -1.72. The Balaban J connectivity index is 2.54. The molecule has 2 aromatic rings. The largest absolute Gasteiger partial charge is 0.355 e. The molecule has 1 atom stereocenters. The molecule has 0 heterocycles. The molecule has 0 radical (unpaired) electrons. The molecule has 0 spiro atoms. The lowest BCUT2D eigenvalue weighted by Crippen LogP contribution is -2.17. The maximum atomic E-state index is 11.4. The topological polar surface area (TPSA) is 66.4 Å². The number of carbonyl (C=O) groups excluding carboxylic acids is 1. The second-order valence-corrected chi connectivity index (χ2v) is 4.52. The zero-order valence-electron chi connectivity index (χ0n) is 9.14. The Morgan fingerprint density at radius 2 is 1.82 bits per heavy atom. The molecule has 1 unspecified atom stereocenters. The number of benzene rings is 2. The highest BCUT2D eigenvalue weighted by Crippen LogP contribution is 2.19. The van der Waals surface area contributed by atoms with Gasteiger partial charge in [-0.15, -0.1) is 0 Å². The van der Waals surface area contributed by atoms with Crippen molar-refractivity contribution in [3.8, 4) is 0 Å². The number of hydrogen-bond donors (Lipinski definition) is 2. The van der Waals surface area contributed by atoms with Crippen LogP contribution in [0.25, 0.3) is 10.8 Å². The summed E-state index contributed by atoms with van der Waals surface area (Å²) in [6.45, 7) is 0. The van der Waals surface area contributed by atoms with Gasteiger partial charge in [-0.05, 0) is 35.0 Å². The summed E-state index contributed by atoms with van der Waals surface area (Å²) in [4.78, 5) is 11.8. The Morgan fingerprint density at radius 1 is 1.18 bits per heavy atom. The number of nitrogens with one attached hydrogen (secondary N) is 1. The van der Waals surface area contributed by atoms with Crippen molar-refractivity contribution in [2.24, 2.45) is 0 Å². The zero-order chi connectivity index (χ0) is 12.4. The molecule has 0 aliphatic heterocycles. The molecule has 0 saturated carbocycles. The van der Waals surface area contributed by atoms with Crippen LogP contribution in [0.3, 0.4) is 0 Å². The van der Waals surface area contributed by atoms with Gasteiger partial charge in [-0.1, -0.05) is 12.1 Å². The number of rotatable bonds is 2. The van der Waals surface area contributed by atoms with Crippen molar-refractivity contribution in [2.75, 3.05) is 7.05 Å². The Labute approximate surface area is 101 Å². The SMILES string of the molecule is CNC(=O)c1ccc2cc(S(=O)O)ccc2c1. The molecule has 0 fully saturated rings. The van der Waals surface area contributed by atoms with Crippen molar-refractivity contribution in [1.82, 2.24) is 5.32 Å². The maximum absolute atomic E-state index is 11.4. The quantitative estimate of drug-likeness (QED) is 0.797. The summed E-state index contributed by atoms with van der Waals surface area (Å²) in [6, 6.07) is 10.1. The second kappa shape index (κ2) is 4.65. The van der Waals surface area contributed by atoms with Gasteiger partial charge in [0.2, 0.25) is 0 Å². The predicted octanol–water partition coefficient (Wildman–Crippen LogP) is 1.78. The molecule has 0 aromatic heterocycles. The average Bonchev–Trinajstić information content (AvgIpc) is 2.36. The van der Waals surface area contributed by atoms with E-state index in [2.05, 4.69) is 5.32 Å². The number of amides is 1. The molecule has 17 heavy (non-hydrogen) atoms. The van der Waals surface area contributed by atoms with Gasteiger partial charge in [-0.2, -0.15) is 0 Å². The van der Waals surface area contributed by atoms with E-state index in [0.717, 1.165) is 10.8 Å². The lowest BCUT2D eigenvalue weighted by molar-refractivity contribution is 0.0963. The highest BCUT2D eigenvalue weighted by molar-refractivity contribution is 7.79. The van der Waals surface area contributed by atoms with E-state index in [0.29, 0.717) is 10.5 Å². The zero-order valence-corrected chi connectivity index (χ0v) is 9.95. The number of hydrogen-bond acceptors (Lipinski definition) is 2. The van der Waals surface area contributed by atoms with Crippen molar-refractivity contribution in [3.63, 3.8) is 0 Å². The summed E-state index contributed by atoms with van der Waals surface area (Å²) in [5, 5.41) is 4.24. The van der Waals surface area contributed by atoms with Gasteiger partial charge in [-0.3, -0.25) is 4.79 Å². The first kappa shape index (κ1) is 11.8. The van der Waals surface area contributed by atoms with E-state index in [1.165, 1.54) is 0 Å². The summed E-state index contributed by atoms with van der Waals surface area (Å²) in [6.07, 6.45) is 0. The van der Waals surface area contributed by atoms with Crippen LogP contribution >= 0.6 is 0 Å².